The van der Waals surface area contributed by atoms with Crippen LogP contribution in [0, 0.1) is 5.82 Å². The molecule has 1 aromatic heterocycles. The van der Waals surface area contributed by atoms with Crippen LogP contribution >= 0.6 is 0 Å². The molecule has 0 spiro atoms. The molecule has 0 saturated heterocycles. The molecular weight excluding hydrogens is 243 g/mol. The predicted molar refractivity (Wildman–Crippen MR) is 74.2 cm³/mol. The predicted octanol–water partition coefficient (Wildman–Crippen LogP) is 2.43. The molecule has 100 valence electrons. The molecule has 0 amide bonds. The third-order valence-electron chi connectivity index (χ3n) is 2.79. The Balaban J connectivity index is 2.16. The van der Waals surface area contributed by atoms with Crippen LogP contribution in [0.25, 0.3) is 11.1 Å². The van der Waals surface area contributed by atoms with Crippen LogP contribution in [0.5, 0.6) is 0 Å². The number of nitrogens with two attached hydrogens (primary N) is 1. The van der Waals surface area contributed by atoms with E-state index in [9.17, 15) is 4.39 Å². The number of benzene rings is 1. The minimum atomic E-state index is -0.257. The first-order valence-electron chi connectivity index (χ1n) is 6.06. The van der Waals surface area contributed by atoms with Crippen molar-refractivity contribution in [2.75, 3.05) is 11.9 Å². The van der Waals surface area contributed by atoms with Gasteiger partial charge in [-0.1, -0.05) is 12.1 Å². The third-order valence-corrected chi connectivity index (χ3v) is 2.79. The molecule has 0 fully saturated rings. The number of rotatable bonds is 4. The second kappa shape index (κ2) is 5.32. The van der Waals surface area contributed by atoms with Gasteiger partial charge in [-0.05, 0) is 31.5 Å². The van der Waals surface area contributed by atoms with Crippen LogP contribution in [0.4, 0.5) is 10.3 Å². The lowest BCUT2D eigenvalue weighted by atomic mass is 10.1. The van der Waals surface area contributed by atoms with Crippen molar-refractivity contribution in [1.29, 1.82) is 0 Å². The smallest absolute Gasteiger partial charge is 0.223 e. The monoisotopic (exact) mass is 260 g/mol. The molecule has 0 aliphatic heterocycles. The standard InChI is InChI=1S/C14H17FN4/c1-14(2,9-16)19-13-17-7-11(8-18-13)10-3-5-12(15)6-4-10/h3-8H,9,16H2,1-2H3,(H,17,18,19). The van der Waals surface area contributed by atoms with E-state index in [0.717, 1.165) is 11.1 Å². The van der Waals surface area contributed by atoms with E-state index < -0.39 is 0 Å². The van der Waals surface area contributed by atoms with E-state index >= 15 is 0 Å². The van der Waals surface area contributed by atoms with Gasteiger partial charge in [0.1, 0.15) is 5.82 Å². The second-order valence-corrected chi connectivity index (χ2v) is 5.02. The van der Waals surface area contributed by atoms with E-state index in [2.05, 4.69) is 15.3 Å². The molecule has 2 rings (SSSR count). The molecule has 2 aromatic rings. The van der Waals surface area contributed by atoms with Crippen LogP contribution < -0.4 is 11.1 Å². The summed E-state index contributed by atoms with van der Waals surface area (Å²) >= 11 is 0. The van der Waals surface area contributed by atoms with Crippen LogP contribution in [0.1, 0.15) is 13.8 Å². The fourth-order valence-electron chi connectivity index (χ4n) is 1.54. The first-order chi connectivity index (χ1) is 9.00. The Morgan fingerprint density at radius 2 is 1.68 bits per heavy atom. The molecular formula is C14H17FN4. The highest BCUT2D eigenvalue weighted by molar-refractivity contribution is 5.61. The van der Waals surface area contributed by atoms with Gasteiger partial charge in [-0.15, -0.1) is 0 Å². The van der Waals surface area contributed by atoms with Gasteiger partial charge >= 0.3 is 0 Å². The largest absolute Gasteiger partial charge is 0.348 e. The molecule has 0 bridgehead atoms. The lowest BCUT2D eigenvalue weighted by Crippen LogP contribution is -2.39. The first-order valence-corrected chi connectivity index (χ1v) is 6.06. The molecule has 19 heavy (non-hydrogen) atoms. The molecule has 1 heterocycles. The summed E-state index contributed by atoms with van der Waals surface area (Å²) in [5.41, 5.74) is 7.11. The van der Waals surface area contributed by atoms with Crippen LogP contribution in [-0.4, -0.2) is 22.1 Å². The highest BCUT2D eigenvalue weighted by Crippen LogP contribution is 2.19. The Bertz CT molecular complexity index is 534. The van der Waals surface area contributed by atoms with E-state index in [4.69, 9.17) is 5.73 Å². The highest BCUT2D eigenvalue weighted by atomic mass is 19.1. The Labute approximate surface area is 111 Å². The van der Waals surface area contributed by atoms with Gasteiger partial charge in [0.25, 0.3) is 0 Å². The summed E-state index contributed by atoms with van der Waals surface area (Å²) in [6, 6.07) is 6.23. The number of hydrogen-bond donors (Lipinski definition) is 2. The van der Waals surface area contributed by atoms with Gasteiger partial charge in [-0.25, -0.2) is 14.4 Å². The number of anilines is 1. The quantitative estimate of drug-likeness (QED) is 0.886. The van der Waals surface area contributed by atoms with Crippen LogP contribution in [0.2, 0.25) is 0 Å². The molecule has 0 aliphatic carbocycles. The number of nitrogens with zero attached hydrogens (tertiary/aromatic N) is 2. The molecule has 3 N–H and O–H groups in total. The lowest BCUT2D eigenvalue weighted by molar-refractivity contribution is 0.574. The molecule has 0 radical (unpaired) electrons. The van der Waals surface area contributed by atoms with Crippen molar-refractivity contribution in [3.05, 3.63) is 42.5 Å². The van der Waals surface area contributed by atoms with E-state index in [0.29, 0.717) is 12.5 Å². The van der Waals surface area contributed by atoms with Crippen LogP contribution in [-0.2, 0) is 0 Å². The highest BCUT2D eigenvalue weighted by Gasteiger charge is 2.15. The Hall–Kier alpha value is -2.01. The van der Waals surface area contributed by atoms with E-state index in [1.807, 2.05) is 13.8 Å². The average molecular weight is 260 g/mol. The van der Waals surface area contributed by atoms with Crippen molar-refractivity contribution in [1.82, 2.24) is 9.97 Å². The van der Waals surface area contributed by atoms with Gasteiger partial charge in [0.2, 0.25) is 5.95 Å². The van der Waals surface area contributed by atoms with Crippen molar-refractivity contribution >= 4 is 5.95 Å². The Morgan fingerprint density at radius 3 is 2.21 bits per heavy atom. The molecule has 0 aliphatic rings. The first kappa shape index (κ1) is 13.4. The lowest BCUT2D eigenvalue weighted by Gasteiger charge is -2.23. The van der Waals surface area contributed by atoms with Crippen LogP contribution in [0.3, 0.4) is 0 Å². The number of nitrogens with one attached hydrogen (secondary N) is 1. The zero-order chi connectivity index (χ0) is 13.9. The van der Waals surface area contributed by atoms with Gasteiger partial charge in [0, 0.05) is 30.0 Å². The fourth-order valence-corrected chi connectivity index (χ4v) is 1.54. The maximum atomic E-state index is 12.8. The van der Waals surface area contributed by atoms with Crippen LogP contribution in [0.15, 0.2) is 36.7 Å². The topological polar surface area (TPSA) is 63.8 Å². The third kappa shape index (κ3) is 3.48. The number of hydrogen-bond acceptors (Lipinski definition) is 4. The Kier molecular flexibility index (Phi) is 3.76. The SMILES string of the molecule is CC(C)(CN)Nc1ncc(-c2ccc(F)cc2)cn1. The summed E-state index contributed by atoms with van der Waals surface area (Å²) in [4.78, 5) is 8.48. The summed E-state index contributed by atoms with van der Waals surface area (Å²) in [5, 5.41) is 3.15. The van der Waals surface area contributed by atoms with E-state index in [1.54, 1.807) is 24.5 Å². The maximum Gasteiger partial charge on any atom is 0.223 e. The van der Waals surface area contributed by atoms with Crippen molar-refractivity contribution < 1.29 is 4.39 Å². The summed E-state index contributed by atoms with van der Waals surface area (Å²) in [7, 11) is 0. The van der Waals surface area contributed by atoms with Gasteiger partial charge in [-0.3, -0.25) is 0 Å². The summed E-state index contributed by atoms with van der Waals surface area (Å²) < 4.78 is 12.8. The van der Waals surface area contributed by atoms with Gasteiger partial charge in [0.05, 0.1) is 0 Å². The van der Waals surface area contributed by atoms with Gasteiger partial charge in [0.15, 0.2) is 0 Å². The second-order valence-electron chi connectivity index (χ2n) is 5.02. The molecule has 5 heteroatoms. The molecule has 0 atom stereocenters. The molecule has 1 aromatic carbocycles. The minimum Gasteiger partial charge on any atom is -0.348 e. The molecule has 0 saturated carbocycles. The Morgan fingerprint density at radius 1 is 1.11 bits per heavy atom. The van der Waals surface area contributed by atoms with Gasteiger partial charge < -0.3 is 11.1 Å². The van der Waals surface area contributed by atoms with Crippen molar-refractivity contribution in [3.8, 4) is 11.1 Å². The molecule has 4 nitrogen and oxygen atoms in total. The number of halogens is 1. The zero-order valence-corrected chi connectivity index (χ0v) is 11.0. The summed E-state index contributed by atoms with van der Waals surface area (Å²) in [5.74, 6) is 0.272. The van der Waals surface area contributed by atoms with Crippen molar-refractivity contribution in [3.63, 3.8) is 0 Å². The minimum absolute atomic E-state index is 0.253. The van der Waals surface area contributed by atoms with Crippen molar-refractivity contribution in [2.24, 2.45) is 5.73 Å². The van der Waals surface area contributed by atoms with E-state index in [-0.39, 0.29) is 11.4 Å². The van der Waals surface area contributed by atoms with Crippen molar-refractivity contribution in [2.45, 2.75) is 19.4 Å². The maximum absolute atomic E-state index is 12.8. The van der Waals surface area contributed by atoms with E-state index in [1.165, 1.54) is 12.1 Å². The molecule has 0 unspecified atom stereocenters. The summed E-state index contributed by atoms with van der Waals surface area (Å²) in [6.07, 6.45) is 3.41. The average Bonchev–Trinajstić information content (AvgIpc) is 2.40. The normalized spacial score (nSPS) is 11.4. The zero-order valence-electron chi connectivity index (χ0n) is 11.0. The van der Waals surface area contributed by atoms with Gasteiger partial charge in [-0.2, -0.15) is 0 Å². The fraction of sp³-hybridized carbons (Fsp3) is 0.286. The number of aromatic nitrogens is 2. The summed E-state index contributed by atoms with van der Waals surface area (Å²) in [6.45, 7) is 4.44.